The molecule has 0 fully saturated rings. The third-order valence-corrected chi connectivity index (χ3v) is 4.74. The molecule has 124 valence electrons. The largest absolute Gasteiger partial charge is 0.309 e. The third-order valence-electron chi connectivity index (χ3n) is 4.74. The van der Waals surface area contributed by atoms with E-state index in [4.69, 9.17) is 5.10 Å². The number of nitrogens with zero attached hydrogens (tertiary/aromatic N) is 4. The Morgan fingerprint density at radius 1 is 1.09 bits per heavy atom. The fourth-order valence-corrected chi connectivity index (χ4v) is 3.49. The van der Waals surface area contributed by atoms with Gasteiger partial charge in [0.25, 0.3) is 0 Å². The lowest BCUT2D eigenvalue weighted by atomic mass is 10.0. The Labute approximate surface area is 139 Å². The minimum absolute atomic E-state index is 1.10. The molecule has 2 aromatic rings. The molecule has 0 bridgehead atoms. The lowest BCUT2D eigenvalue weighted by Gasteiger charge is -2.20. The summed E-state index contributed by atoms with van der Waals surface area (Å²) in [5.41, 5.74) is 5.29. The van der Waals surface area contributed by atoms with Crippen molar-refractivity contribution in [1.29, 1.82) is 0 Å². The molecule has 2 heterocycles. The van der Waals surface area contributed by atoms with Gasteiger partial charge in [-0.3, -0.25) is 4.68 Å². The minimum Gasteiger partial charge on any atom is -0.309 e. The van der Waals surface area contributed by atoms with Crippen LogP contribution in [-0.2, 0) is 19.9 Å². The topological polar surface area (TPSA) is 24.3 Å². The summed E-state index contributed by atoms with van der Waals surface area (Å²) in [6.45, 7) is 4.65. The molecule has 0 aliphatic carbocycles. The Balaban J connectivity index is 1.73. The highest BCUT2D eigenvalue weighted by Crippen LogP contribution is 2.27. The molecule has 0 spiro atoms. The van der Waals surface area contributed by atoms with Gasteiger partial charge >= 0.3 is 0 Å². The van der Waals surface area contributed by atoms with E-state index in [9.17, 15) is 0 Å². The predicted octanol–water partition coefficient (Wildman–Crippen LogP) is 2.44. The first kappa shape index (κ1) is 16.2. The summed E-state index contributed by atoms with van der Waals surface area (Å²) in [7, 11) is 6.39. The molecule has 0 N–H and O–H groups in total. The second-order valence-corrected chi connectivity index (χ2v) is 6.76. The van der Waals surface area contributed by atoms with Gasteiger partial charge in [0, 0.05) is 43.4 Å². The summed E-state index contributed by atoms with van der Waals surface area (Å²) in [6, 6.07) is 10.6. The van der Waals surface area contributed by atoms with Crippen LogP contribution in [-0.4, -0.2) is 59.9 Å². The first-order valence-corrected chi connectivity index (χ1v) is 8.62. The smallest absolute Gasteiger partial charge is 0.0958 e. The van der Waals surface area contributed by atoms with E-state index in [-0.39, 0.29) is 0 Å². The van der Waals surface area contributed by atoms with E-state index in [0.717, 1.165) is 25.9 Å². The number of hydrogen-bond donors (Lipinski definition) is 0. The first-order chi connectivity index (χ1) is 11.1. The quantitative estimate of drug-likeness (QED) is 0.847. The van der Waals surface area contributed by atoms with Crippen molar-refractivity contribution in [3.05, 3.63) is 41.6 Å². The van der Waals surface area contributed by atoms with Crippen molar-refractivity contribution in [3.8, 4) is 11.3 Å². The molecule has 23 heavy (non-hydrogen) atoms. The van der Waals surface area contributed by atoms with Crippen LogP contribution in [0.3, 0.4) is 0 Å². The maximum Gasteiger partial charge on any atom is 0.0958 e. The average Bonchev–Trinajstić information content (AvgIpc) is 2.72. The number of aromatic nitrogens is 2. The standard InChI is InChI=1S/C19H28N4/c1-21(2)12-7-13-23-14-10-17-18(11-15-23)22(3)20-19(17)16-8-5-4-6-9-16/h4-6,8-9H,7,10-15H2,1-3H3. The maximum absolute atomic E-state index is 4.81. The highest BCUT2D eigenvalue weighted by molar-refractivity contribution is 5.64. The van der Waals surface area contributed by atoms with Crippen LogP contribution >= 0.6 is 0 Å². The van der Waals surface area contributed by atoms with Crippen molar-refractivity contribution in [2.75, 3.05) is 40.3 Å². The van der Waals surface area contributed by atoms with Crippen LogP contribution < -0.4 is 0 Å². The van der Waals surface area contributed by atoms with Crippen LogP contribution in [0.25, 0.3) is 11.3 Å². The predicted molar refractivity (Wildman–Crippen MR) is 95.7 cm³/mol. The van der Waals surface area contributed by atoms with Gasteiger partial charge in [0.15, 0.2) is 0 Å². The van der Waals surface area contributed by atoms with Crippen LogP contribution in [0.2, 0.25) is 0 Å². The Morgan fingerprint density at radius 3 is 2.57 bits per heavy atom. The van der Waals surface area contributed by atoms with Gasteiger partial charge in [-0.2, -0.15) is 5.10 Å². The van der Waals surface area contributed by atoms with Crippen LogP contribution in [0.15, 0.2) is 30.3 Å². The number of benzene rings is 1. The van der Waals surface area contributed by atoms with Crippen LogP contribution in [0.1, 0.15) is 17.7 Å². The van der Waals surface area contributed by atoms with Gasteiger partial charge < -0.3 is 9.80 Å². The number of hydrogen-bond acceptors (Lipinski definition) is 3. The Bertz CT molecular complexity index is 630. The lowest BCUT2D eigenvalue weighted by molar-refractivity contribution is 0.264. The van der Waals surface area contributed by atoms with Crippen molar-refractivity contribution in [3.63, 3.8) is 0 Å². The first-order valence-electron chi connectivity index (χ1n) is 8.62. The Hall–Kier alpha value is -1.65. The SMILES string of the molecule is CN(C)CCCN1CCc2c(-c3ccccc3)nn(C)c2CC1. The molecule has 0 saturated carbocycles. The van der Waals surface area contributed by atoms with Gasteiger partial charge in [0.1, 0.15) is 0 Å². The van der Waals surface area contributed by atoms with Crippen molar-refractivity contribution in [2.24, 2.45) is 7.05 Å². The summed E-state index contributed by atoms with van der Waals surface area (Å²) in [6.07, 6.45) is 3.45. The molecule has 0 amide bonds. The van der Waals surface area contributed by atoms with E-state index in [1.54, 1.807) is 0 Å². The van der Waals surface area contributed by atoms with Crippen molar-refractivity contribution < 1.29 is 0 Å². The van der Waals surface area contributed by atoms with E-state index in [2.05, 4.69) is 66.0 Å². The molecule has 1 aromatic heterocycles. The highest BCUT2D eigenvalue weighted by Gasteiger charge is 2.21. The van der Waals surface area contributed by atoms with Gasteiger partial charge in [-0.05, 0) is 40.0 Å². The second-order valence-electron chi connectivity index (χ2n) is 6.76. The molecule has 1 aromatic carbocycles. The molecular formula is C19H28N4. The Kier molecular flexibility index (Phi) is 5.13. The van der Waals surface area contributed by atoms with Crippen molar-refractivity contribution in [2.45, 2.75) is 19.3 Å². The van der Waals surface area contributed by atoms with E-state index < -0.39 is 0 Å². The summed E-state index contributed by atoms with van der Waals surface area (Å²) in [5.74, 6) is 0. The molecule has 1 aliphatic heterocycles. The maximum atomic E-state index is 4.81. The van der Waals surface area contributed by atoms with Gasteiger partial charge in [-0.15, -0.1) is 0 Å². The zero-order valence-corrected chi connectivity index (χ0v) is 14.6. The van der Waals surface area contributed by atoms with Crippen LogP contribution in [0.5, 0.6) is 0 Å². The zero-order chi connectivity index (χ0) is 16.2. The van der Waals surface area contributed by atoms with Gasteiger partial charge in [0.05, 0.1) is 5.69 Å². The van der Waals surface area contributed by atoms with Crippen LogP contribution in [0, 0.1) is 0 Å². The third kappa shape index (κ3) is 3.82. The molecule has 0 saturated heterocycles. The van der Waals surface area contributed by atoms with Crippen molar-refractivity contribution >= 4 is 0 Å². The Morgan fingerprint density at radius 2 is 1.83 bits per heavy atom. The van der Waals surface area contributed by atoms with E-state index in [1.807, 2.05) is 0 Å². The second kappa shape index (κ2) is 7.28. The van der Waals surface area contributed by atoms with Gasteiger partial charge in [0.2, 0.25) is 0 Å². The molecule has 3 rings (SSSR count). The fourth-order valence-electron chi connectivity index (χ4n) is 3.49. The van der Waals surface area contributed by atoms with Gasteiger partial charge in [-0.25, -0.2) is 0 Å². The van der Waals surface area contributed by atoms with E-state index in [0.29, 0.717) is 0 Å². The summed E-state index contributed by atoms with van der Waals surface area (Å²) >= 11 is 0. The minimum atomic E-state index is 1.10. The van der Waals surface area contributed by atoms with Gasteiger partial charge in [-0.1, -0.05) is 30.3 Å². The molecular weight excluding hydrogens is 284 g/mol. The van der Waals surface area contributed by atoms with E-state index in [1.165, 1.54) is 42.0 Å². The van der Waals surface area contributed by atoms with Crippen molar-refractivity contribution in [1.82, 2.24) is 19.6 Å². The molecule has 0 atom stereocenters. The molecule has 4 heteroatoms. The molecule has 1 aliphatic rings. The molecule has 4 nitrogen and oxygen atoms in total. The number of rotatable bonds is 5. The fraction of sp³-hybridized carbons (Fsp3) is 0.526. The van der Waals surface area contributed by atoms with E-state index >= 15 is 0 Å². The number of fused-ring (bicyclic) bond motifs is 1. The normalized spacial score (nSPS) is 15.7. The monoisotopic (exact) mass is 312 g/mol. The summed E-state index contributed by atoms with van der Waals surface area (Å²) in [4.78, 5) is 4.88. The zero-order valence-electron chi connectivity index (χ0n) is 14.6. The lowest BCUT2D eigenvalue weighted by Crippen LogP contribution is -2.30. The summed E-state index contributed by atoms with van der Waals surface area (Å²) in [5, 5.41) is 4.81. The highest BCUT2D eigenvalue weighted by atomic mass is 15.3. The average molecular weight is 312 g/mol. The molecule has 0 unspecified atom stereocenters. The van der Waals surface area contributed by atoms with Crippen LogP contribution in [0.4, 0.5) is 0 Å². The molecule has 0 radical (unpaired) electrons. The number of aryl methyl sites for hydroxylation is 1. The summed E-state index contributed by atoms with van der Waals surface area (Å²) < 4.78 is 2.10.